The minimum atomic E-state index is 0.471. The molecule has 0 atom stereocenters. The Morgan fingerprint density at radius 2 is 1.75 bits per heavy atom. The van der Waals surface area contributed by atoms with Crippen LogP contribution in [0.15, 0.2) is 21.1 Å². The van der Waals surface area contributed by atoms with Crippen molar-refractivity contribution in [2.75, 3.05) is 19.8 Å². The fourth-order valence-corrected chi connectivity index (χ4v) is 3.13. The molecule has 0 fully saturated rings. The van der Waals surface area contributed by atoms with E-state index in [1.807, 2.05) is 0 Å². The van der Waals surface area contributed by atoms with Crippen LogP contribution in [0.4, 0.5) is 0 Å². The van der Waals surface area contributed by atoms with Gasteiger partial charge >= 0.3 is 0 Å². The summed E-state index contributed by atoms with van der Waals surface area (Å²) >= 11 is 7.13. The van der Waals surface area contributed by atoms with Crippen molar-refractivity contribution >= 4 is 31.9 Å². The van der Waals surface area contributed by atoms with E-state index < -0.39 is 0 Å². The van der Waals surface area contributed by atoms with Crippen LogP contribution in [0, 0.1) is 0 Å². The van der Waals surface area contributed by atoms with Crippen molar-refractivity contribution < 1.29 is 9.47 Å². The Balaban J connectivity index is 2.55. The van der Waals surface area contributed by atoms with E-state index in [1.54, 1.807) is 0 Å². The van der Waals surface area contributed by atoms with Crippen LogP contribution in [-0.2, 0) is 11.3 Å². The fourth-order valence-electron chi connectivity index (χ4n) is 1.62. The Kier molecular flexibility index (Phi) is 8.77. The maximum atomic E-state index is 5.76. The number of halogens is 2. The second-order valence-electron chi connectivity index (χ2n) is 4.89. The summed E-state index contributed by atoms with van der Waals surface area (Å²) in [6.45, 7) is 9.16. The van der Waals surface area contributed by atoms with Crippen LogP contribution >= 0.6 is 31.9 Å². The van der Waals surface area contributed by atoms with Crippen molar-refractivity contribution in [3.63, 3.8) is 0 Å². The first-order valence-corrected chi connectivity index (χ1v) is 8.55. The van der Waals surface area contributed by atoms with Crippen LogP contribution < -0.4 is 10.1 Å². The smallest absolute Gasteiger partial charge is 0.147 e. The van der Waals surface area contributed by atoms with Gasteiger partial charge in [-0.3, -0.25) is 0 Å². The average molecular weight is 409 g/mol. The van der Waals surface area contributed by atoms with Gasteiger partial charge in [-0.25, -0.2) is 0 Å². The number of nitrogens with one attached hydrogen (secondary N) is 1. The topological polar surface area (TPSA) is 30.5 Å². The highest BCUT2D eigenvalue weighted by molar-refractivity contribution is 9.11. The Hall–Kier alpha value is -0.100. The highest BCUT2D eigenvalue weighted by atomic mass is 79.9. The Bertz CT molecular complexity index is 388. The van der Waals surface area contributed by atoms with E-state index >= 15 is 0 Å². The molecule has 0 aliphatic carbocycles. The third kappa shape index (κ3) is 6.57. The normalized spacial score (nSPS) is 11.1. The molecule has 0 heterocycles. The van der Waals surface area contributed by atoms with E-state index in [0.29, 0.717) is 19.3 Å². The van der Waals surface area contributed by atoms with Crippen molar-refractivity contribution in [3.8, 4) is 5.75 Å². The highest BCUT2D eigenvalue weighted by Gasteiger charge is 2.09. The molecule has 0 spiro atoms. The van der Waals surface area contributed by atoms with Crippen molar-refractivity contribution in [1.29, 1.82) is 0 Å². The number of benzene rings is 1. The summed E-state index contributed by atoms with van der Waals surface area (Å²) < 4.78 is 13.1. The van der Waals surface area contributed by atoms with E-state index in [9.17, 15) is 0 Å². The Morgan fingerprint density at radius 3 is 2.30 bits per heavy atom. The molecule has 0 radical (unpaired) electrons. The zero-order chi connectivity index (χ0) is 15.0. The van der Waals surface area contributed by atoms with Crippen LogP contribution in [0.2, 0.25) is 0 Å². The van der Waals surface area contributed by atoms with E-state index in [2.05, 4.69) is 70.1 Å². The van der Waals surface area contributed by atoms with Gasteiger partial charge in [0, 0.05) is 19.2 Å². The zero-order valence-electron chi connectivity index (χ0n) is 12.3. The molecule has 0 unspecified atom stereocenters. The summed E-state index contributed by atoms with van der Waals surface area (Å²) in [6, 6.07) is 4.64. The first kappa shape index (κ1) is 18.0. The van der Waals surface area contributed by atoms with E-state index in [-0.39, 0.29) is 0 Å². The molecule has 3 nitrogen and oxygen atoms in total. The first-order chi connectivity index (χ1) is 9.54. The van der Waals surface area contributed by atoms with Crippen LogP contribution in [0.25, 0.3) is 0 Å². The lowest BCUT2D eigenvalue weighted by Gasteiger charge is -2.14. The summed E-state index contributed by atoms with van der Waals surface area (Å²) in [5.41, 5.74) is 1.21. The van der Waals surface area contributed by atoms with Crippen LogP contribution in [0.1, 0.15) is 32.8 Å². The second kappa shape index (κ2) is 9.77. The van der Waals surface area contributed by atoms with Gasteiger partial charge in [0.15, 0.2) is 0 Å². The molecule has 5 heteroatoms. The first-order valence-electron chi connectivity index (χ1n) is 6.96. The van der Waals surface area contributed by atoms with E-state index in [0.717, 1.165) is 34.3 Å². The summed E-state index contributed by atoms with van der Waals surface area (Å²) in [6.07, 6.45) is 1.03. The SMILES string of the molecule is CCCOCCOc1c(Br)cc(CNC(C)C)cc1Br. The largest absolute Gasteiger partial charge is 0.489 e. The minimum Gasteiger partial charge on any atom is -0.489 e. The highest BCUT2D eigenvalue weighted by Crippen LogP contribution is 2.34. The van der Waals surface area contributed by atoms with Crippen molar-refractivity contribution in [3.05, 3.63) is 26.6 Å². The maximum absolute atomic E-state index is 5.76. The van der Waals surface area contributed by atoms with Gasteiger partial charge in [0.05, 0.1) is 15.6 Å². The minimum absolute atomic E-state index is 0.471. The number of hydrogen-bond donors (Lipinski definition) is 1. The second-order valence-corrected chi connectivity index (χ2v) is 6.59. The monoisotopic (exact) mass is 407 g/mol. The van der Waals surface area contributed by atoms with Gasteiger partial charge < -0.3 is 14.8 Å². The molecule has 1 aromatic carbocycles. The molecule has 0 aromatic heterocycles. The van der Waals surface area contributed by atoms with Crippen LogP contribution in [0.5, 0.6) is 5.75 Å². The summed E-state index contributed by atoms with van der Waals surface area (Å²) in [5, 5.41) is 3.40. The quantitative estimate of drug-likeness (QED) is 0.609. The number of rotatable bonds is 9. The molecule has 0 aliphatic heterocycles. The molecule has 1 N–H and O–H groups in total. The lowest BCUT2D eigenvalue weighted by molar-refractivity contribution is 0.100. The number of ether oxygens (including phenoxy) is 2. The Labute approximate surface area is 138 Å². The molecule has 1 rings (SSSR count). The van der Waals surface area contributed by atoms with Gasteiger partial charge in [0.1, 0.15) is 12.4 Å². The fraction of sp³-hybridized carbons (Fsp3) is 0.600. The third-order valence-corrected chi connectivity index (χ3v) is 3.77. The zero-order valence-corrected chi connectivity index (χ0v) is 15.5. The molecular weight excluding hydrogens is 386 g/mol. The van der Waals surface area contributed by atoms with Crippen molar-refractivity contribution in [1.82, 2.24) is 5.32 Å². The molecule has 0 bridgehead atoms. The average Bonchev–Trinajstić information content (AvgIpc) is 2.38. The summed E-state index contributed by atoms with van der Waals surface area (Å²) in [7, 11) is 0. The summed E-state index contributed by atoms with van der Waals surface area (Å²) in [5.74, 6) is 0.832. The van der Waals surface area contributed by atoms with Gasteiger partial charge in [0.2, 0.25) is 0 Å². The van der Waals surface area contributed by atoms with Crippen LogP contribution in [-0.4, -0.2) is 25.9 Å². The van der Waals surface area contributed by atoms with E-state index in [1.165, 1.54) is 5.56 Å². The summed E-state index contributed by atoms with van der Waals surface area (Å²) in [4.78, 5) is 0. The molecule has 114 valence electrons. The standard InChI is InChI=1S/C15H23Br2NO2/c1-4-5-19-6-7-20-15-13(16)8-12(9-14(15)17)10-18-11(2)3/h8-9,11,18H,4-7,10H2,1-3H3. The van der Waals surface area contributed by atoms with E-state index in [4.69, 9.17) is 9.47 Å². The molecule has 0 aliphatic rings. The lowest BCUT2D eigenvalue weighted by Crippen LogP contribution is -2.21. The van der Waals surface area contributed by atoms with Gasteiger partial charge in [-0.2, -0.15) is 0 Å². The van der Waals surface area contributed by atoms with Crippen molar-refractivity contribution in [2.24, 2.45) is 0 Å². The van der Waals surface area contributed by atoms with Crippen LogP contribution in [0.3, 0.4) is 0 Å². The molecule has 1 aromatic rings. The lowest BCUT2D eigenvalue weighted by atomic mass is 10.2. The predicted octanol–water partition coefficient (Wildman–Crippen LogP) is 4.52. The predicted molar refractivity (Wildman–Crippen MR) is 90.4 cm³/mol. The van der Waals surface area contributed by atoms with Gasteiger partial charge in [0.25, 0.3) is 0 Å². The molecule has 0 amide bonds. The third-order valence-electron chi connectivity index (χ3n) is 2.60. The number of hydrogen-bond acceptors (Lipinski definition) is 3. The Morgan fingerprint density at radius 1 is 1.10 bits per heavy atom. The maximum Gasteiger partial charge on any atom is 0.147 e. The van der Waals surface area contributed by atoms with Gasteiger partial charge in [-0.1, -0.05) is 20.8 Å². The molecule has 0 saturated carbocycles. The molecular formula is C15H23Br2NO2. The molecule has 20 heavy (non-hydrogen) atoms. The molecule has 0 saturated heterocycles. The van der Waals surface area contributed by atoms with Gasteiger partial charge in [-0.05, 0) is 56.0 Å². The van der Waals surface area contributed by atoms with Crippen molar-refractivity contribution in [2.45, 2.75) is 39.8 Å². The van der Waals surface area contributed by atoms with Gasteiger partial charge in [-0.15, -0.1) is 0 Å².